The smallest absolute Gasteiger partial charge is 0.240 e. The second-order valence-electron chi connectivity index (χ2n) is 6.96. The topological polar surface area (TPSA) is 62.7 Å². The minimum Gasteiger partial charge on any atom is -0.350 e. The maximum absolute atomic E-state index is 12.6. The molecule has 0 aliphatic carbocycles. The van der Waals surface area contributed by atoms with E-state index in [1.54, 1.807) is 4.57 Å². The number of hydrogen-bond donors (Lipinski definition) is 2. The van der Waals surface area contributed by atoms with Crippen molar-refractivity contribution in [3.63, 3.8) is 0 Å². The Morgan fingerprint density at radius 1 is 1.11 bits per heavy atom. The Morgan fingerprint density at radius 3 is 2.48 bits per heavy atom. The summed E-state index contributed by atoms with van der Waals surface area (Å²) in [6.07, 6.45) is 0. The summed E-state index contributed by atoms with van der Waals surface area (Å²) in [4.78, 5) is 12.6. The summed E-state index contributed by atoms with van der Waals surface area (Å²) in [6.45, 7) is 8.88. The molecule has 3 rings (SSSR count). The van der Waals surface area contributed by atoms with E-state index in [4.69, 9.17) is 12.2 Å². The number of benzene rings is 2. The van der Waals surface area contributed by atoms with Crippen LogP contribution in [0, 0.1) is 32.5 Å². The molecular formula is C21H24N4OS. The van der Waals surface area contributed by atoms with Crippen LogP contribution in [0.15, 0.2) is 36.4 Å². The summed E-state index contributed by atoms with van der Waals surface area (Å²) in [5, 5.41) is 10.1. The first-order chi connectivity index (χ1) is 12.8. The summed E-state index contributed by atoms with van der Waals surface area (Å²) in [5.74, 6) is 0.572. The maximum Gasteiger partial charge on any atom is 0.240 e. The zero-order valence-electron chi connectivity index (χ0n) is 16.1. The summed E-state index contributed by atoms with van der Waals surface area (Å²) in [7, 11) is 0. The highest BCUT2D eigenvalue weighted by atomic mass is 32.1. The van der Waals surface area contributed by atoms with Crippen LogP contribution >= 0.6 is 12.2 Å². The van der Waals surface area contributed by atoms with Gasteiger partial charge < -0.3 is 5.32 Å². The van der Waals surface area contributed by atoms with Crippen molar-refractivity contribution in [3.05, 3.63) is 69.0 Å². The number of carbonyl (C=O) groups is 1. The van der Waals surface area contributed by atoms with Crippen LogP contribution < -0.4 is 5.32 Å². The van der Waals surface area contributed by atoms with E-state index in [0.717, 1.165) is 16.7 Å². The van der Waals surface area contributed by atoms with Crippen molar-refractivity contribution in [3.8, 4) is 11.4 Å². The molecule has 0 bridgehead atoms. The fraction of sp³-hybridized carbons (Fsp3) is 0.286. The van der Waals surface area contributed by atoms with E-state index in [-0.39, 0.29) is 12.5 Å². The maximum atomic E-state index is 12.6. The molecule has 0 aliphatic rings. The van der Waals surface area contributed by atoms with Gasteiger partial charge in [-0.25, -0.2) is 0 Å². The molecule has 1 amide bonds. The molecule has 2 aromatic carbocycles. The lowest BCUT2D eigenvalue weighted by Gasteiger charge is -2.13. The SMILES string of the molecule is Cc1cccc(-c2n[nH]c(=S)n2CC(=O)NCc2c(C)cc(C)cc2C)c1. The third kappa shape index (κ3) is 4.34. The highest BCUT2D eigenvalue weighted by Crippen LogP contribution is 2.19. The Bertz CT molecular complexity index is 1030. The van der Waals surface area contributed by atoms with Crippen molar-refractivity contribution in [1.82, 2.24) is 20.1 Å². The minimum atomic E-state index is -0.0965. The van der Waals surface area contributed by atoms with Gasteiger partial charge in [-0.15, -0.1) is 0 Å². The van der Waals surface area contributed by atoms with E-state index in [0.29, 0.717) is 17.1 Å². The first-order valence-corrected chi connectivity index (χ1v) is 9.31. The van der Waals surface area contributed by atoms with Crippen molar-refractivity contribution >= 4 is 18.1 Å². The van der Waals surface area contributed by atoms with Crippen LogP contribution in [0.5, 0.6) is 0 Å². The van der Waals surface area contributed by atoms with Gasteiger partial charge in [0.1, 0.15) is 6.54 Å². The lowest BCUT2D eigenvalue weighted by atomic mass is 10.00. The van der Waals surface area contributed by atoms with Gasteiger partial charge in [-0.3, -0.25) is 14.5 Å². The summed E-state index contributed by atoms with van der Waals surface area (Å²) in [6, 6.07) is 12.3. The van der Waals surface area contributed by atoms with E-state index >= 15 is 0 Å². The fourth-order valence-corrected chi connectivity index (χ4v) is 3.54. The molecule has 0 aliphatic heterocycles. The van der Waals surface area contributed by atoms with Gasteiger partial charge in [-0.2, -0.15) is 5.10 Å². The third-order valence-electron chi connectivity index (χ3n) is 4.64. The predicted molar refractivity (Wildman–Crippen MR) is 110 cm³/mol. The van der Waals surface area contributed by atoms with Gasteiger partial charge in [0.15, 0.2) is 10.6 Å². The summed E-state index contributed by atoms with van der Waals surface area (Å²) < 4.78 is 2.17. The van der Waals surface area contributed by atoms with Crippen molar-refractivity contribution < 1.29 is 4.79 Å². The van der Waals surface area contributed by atoms with Gasteiger partial charge in [-0.05, 0) is 62.7 Å². The van der Waals surface area contributed by atoms with Gasteiger partial charge >= 0.3 is 0 Å². The molecule has 140 valence electrons. The average molecular weight is 381 g/mol. The molecule has 0 atom stereocenters. The van der Waals surface area contributed by atoms with Crippen LogP contribution in [0.1, 0.15) is 27.8 Å². The normalized spacial score (nSPS) is 10.8. The van der Waals surface area contributed by atoms with E-state index in [9.17, 15) is 4.79 Å². The van der Waals surface area contributed by atoms with Gasteiger partial charge in [-0.1, -0.05) is 41.5 Å². The van der Waals surface area contributed by atoms with Crippen LogP contribution in [0.3, 0.4) is 0 Å². The second-order valence-corrected chi connectivity index (χ2v) is 7.35. The van der Waals surface area contributed by atoms with Crippen LogP contribution in [0.4, 0.5) is 0 Å². The highest BCUT2D eigenvalue weighted by Gasteiger charge is 2.13. The molecule has 0 saturated carbocycles. The first kappa shape index (κ1) is 19.0. The van der Waals surface area contributed by atoms with E-state index < -0.39 is 0 Å². The summed E-state index contributed by atoms with van der Waals surface area (Å²) >= 11 is 5.32. The summed E-state index contributed by atoms with van der Waals surface area (Å²) in [5.41, 5.74) is 6.82. The molecular weight excluding hydrogens is 356 g/mol. The number of rotatable bonds is 5. The zero-order valence-corrected chi connectivity index (χ0v) is 16.9. The fourth-order valence-electron chi connectivity index (χ4n) is 3.34. The molecule has 6 heteroatoms. The molecule has 3 aromatic rings. The number of aromatic nitrogens is 3. The average Bonchev–Trinajstić information content (AvgIpc) is 2.94. The van der Waals surface area contributed by atoms with E-state index in [2.05, 4.69) is 48.4 Å². The van der Waals surface area contributed by atoms with E-state index in [1.165, 1.54) is 16.7 Å². The number of H-pyrrole nitrogens is 1. The van der Waals surface area contributed by atoms with Crippen LogP contribution in [-0.2, 0) is 17.9 Å². The molecule has 0 fully saturated rings. The molecule has 2 N–H and O–H groups in total. The Morgan fingerprint density at radius 2 is 1.81 bits per heavy atom. The number of aromatic amines is 1. The highest BCUT2D eigenvalue weighted by molar-refractivity contribution is 7.71. The molecule has 0 unspecified atom stereocenters. The number of nitrogens with one attached hydrogen (secondary N) is 2. The Balaban J connectivity index is 1.76. The van der Waals surface area contributed by atoms with Crippen molar-refractivity contribution in [1.29, 1.82) is 0 Å². The molecule has 0 saturated heterocycles. The zero-order chi connectivity index (χ0) is 19.6. The van der Waals surface area contributed by atoms with Gasteiger partial charge in [0, 0.05) is 12.1 Å². The Kier molecular flexibility index (Phi) is 5.56. The Hall–Kier alpha value is -2.73. The first-order valence-electron chi connectivity index (χ1n) is 8.91. The molecule has 1 heterocycles. The lowest BCUT2D eigenvalue weighted by Crippen LogP contribution is -2.28. The second kappa shape index (κ2) is 7.88. The predicted octanol–water partition coefficient (Wildman–Crippen LogP) is 4.16. The number of amides is 1. The van der Waals surface area contributed by atoms with Crippen LogP contribution in [-0.4, -0.2) is 20.7 Å². The molecule has 0 radical (unpaired) electrons. The van der Waals surface area contributed by atoms with Gasteiger partial charge in [0.05, 0.1) is 0 Å². The van der Waals surface area contributed by atoms with Crippen LogP contribution in [0.25, 0.3) is 11.4 Å². The monoisotopic (exact) mass is 380 g/mol. The van der Waals surface area contributed by atoms with E-state index in [1.807, 2.05) is 31.2 Å². The quantitative estimate of drug-likeness (QED) is 0.654. The molecule has 27 heavy (non-hydrogen) atoms. The largest absolute Gasteiger partial charge is 0.350 e. The molecule has 1 aromatic heterocycles. The molecule has 0 spiro atoms. The van der Waals surface area contributed by atoms with Crippen LogP contribution in [0.2, 0.25) is 0 Å². The number of carbonyl (C=O) groups excluding carboxylic acids is 1. The lowest BCUT2D eigenvalue weighted by molar-refractivity contribution is -0.121. The van der Waals surface area contributed by atoms with Crippen molar-refractivity contribution in [2.45, 2.75) is 40.8 Å². The van der Waals surface area contributed by atoms with Gasteiger partial charge in [0.25, 0.3) is 0 Å². The Labute approximate surface area is 164 Å². The molecule has 5 nitrogen and oxygen atoms in total. The van der Waals surface area contributed by atoms with Crippen molar-refractivity contribution in [2.24, 2.45) is 0 Å². The third-order valence-corrected chi connectivity index (χ3v) is 4.95. The number of nitrogens with zero attached hydrogens (tertiary/aromatic N) is 2. The number of aryl methyl sites for hydroxylation is 4. The van der Waals surface area contributed by atoms with Gasteiger partial charge in [0.2, 0.25) is 5.91 Å². The van der Waals surface area contributed by atoms with Crippen molar-refractivity contribution in [2.75, 3.05) is 0 Å². The minimum absolute atomic E-state index is 0.0965. The standard InChI is InChI=1S/C21H24N4OS/c1-13-6-5-7-17(10-13)20-23-24-21(27)25(20)12-19(26)22-11-18-15(3)8-14(2)9-16(18)4/h5-10H,11-12H2,1-4H3,(H,22,26)(H,24,27). The number of hydrogen-bond acceptors (Lipinski definition) is 3.